The molecule has 0 aliphatic heterocycles. The first kappa shape index (κ1) is 19.6. The molecule has 0 aliphatic carbocycles. The summed E-state index contributed by atoms with van der Waals surface area (Å²) in [6.07, 6.45) is 0.959. The molecule has 0 fully saturated rings. The fraction of sp³-hybridized carbons (Fsp3) is 0.158. The summed E-state index contributed by atoms with van der Waals surface area (Å²) < 4.78 is 13.5. The fourth-order valence-electron chi connectivity index (χ4n) is 2.34. The quantitative estimate of drug-likeness (QED) is 0.437. The number of hydrazine groups is 1. The third kappa shape index (κ3) is 4.95. The molecule has 144 valence electrons. The van der Waals surface area contributed by atoms with E-state index in [0.717, 1.165) is 23.7 Å². The molecule has 7 nitrogen and oxygen atoms in total. The molecule has 3 N–H and O–H groups in total. The molecule has 0 aliphatic rings. The molecule has 9 heteroatoms. The van der Waals surface area contributed by atoms with Gasteiger partial charge in [0.15, 0.2) is 5.82 Å². The summed E-state index contributed by atoms with van der Waals surface area (Å²) in [5.74, 6) is -1.26. The SMILES string of the molecule is CCc1ccc(-c2nc(SCC(=O)NNC(=O)c3ccccc3F)n[nH]2)cc1. The average Bonchev–Trinajstić information content (AvgIpc) is 3.20. The monoisotopic (exact) mass is 399 g/mol. The number of nitrogens with zero attached hydrogens (tertiary/aromatic N) is 2. The van der Waals surface area contributed by atoms with Crippen molar-refractivity contribution < 1.29 is 14.0 Å². The molecule has 1 heterocycles. The Morgan fingerprint density at radius 2 is 1.86 bits per heavy atom. The van der Waals surface area contributed by atoms with Crippen LogP contribution in [-0.2, 0) is 11.2 Å². The molecular weight excluding hydrogens is 381 g/mol. The Hall–Kier alpha value is -3.20. The van der Waals surface area contributed by atoms with Crippen LogP contribution >= 0.6 is 11.8 Å². The molecule has 1 aromatic heterocycles. The van der Waals surface area contributed by atoms with Crippen LogP contribution in [-0.4, -0.2) is 32.7 Å². The Labute approximate surface area is 165 Å². The molecule has 0 saturated heterocycles. The van der Waals surface area contributed by atoms with Crippen molar-refractivity contribution in [2.75, 3.05) is 5.75 Å². The van der Waals surface area contributed by atoms with Crippen LogP contribution in [0.2, 0.25) is 0 Å². The average molecular weight is 399 g/mol. The highest BCUT2D eigenvalue weighted by molar-refractivity contribution is 7.99. The number of aromatic nitrogens is 3. The van der Waals surface area contributed by atoms with Crippen molar-refractivity contribution >= 4 is 23.6 Å². The predicted molar refractivity (Wildman–Crippen MR) is 104 cm³/mol. The van der Waals surface area contributed by atoms with Gasteiger partial charge in [-0.05, 0) is 24.1 Å². The van der Waals surface area contributed by atoms with Gasteiger partial charge in [0.2, 0.25) is 11.1 Å². The van der Waals surface area contributed by atoms with Crippen LogP contribution in [0.1, 0.15) is 22.8 Å². The van der Waals surface area contributed by atoms with Gasteiger partial charge in [-0.15, -0.1) is 5.10 Å². The lowest BCUT2D eigenvalue weighted by molar-refractivity contribution is -0.119. The van der Waals surface area contributed by atoms with E-state index >= 15 is 0 Å². The molecule has 3 aromatic rings. The number of amides is 2. The van der Waals surface area contributed by atoms with Crippen molar-refractivity contribution in [3.05, 3.63) is 65.5 Å². The maximum atomic E-state index is 13.5. The van der Waals surface area contributed by atoms with Gasteiger partial charge in [0.25, 0.3) is 5.91 Å². The summed E-state index contributed by atoms with van der Waals surface area (Å²) in [6, 6.07) is 13.5. The van der Waals surface area contributed by atoms with E-state index in [9.17, 15) is 14.0 Å². The van der Waals surface area contributed by atoms with Crippen LogP contribution in [0.15, 0.2) is 53.7 Å². The zero-order valence-electron chi connectivity index (χ0n) is 15.0. The standard InChI is InChI=1S/C19H18FN5O2S/c1-2-12-7-9-13(10-8-12)17-21-19(25-23-17)28-11-16(26)22-24-18(27)14-5-3-4-6-15(14)20/h3-10H,2,11H2,1H3,(H,22,26)(H,24,27)(H,21,23,25). The van der Waals surface area contributed by atoms with Crippen molar-refractivity contribution in [2.45, 2.75) is 18.5 Å². The Morgan fingerprint density at radius 1 is 1.11 bits per heavy atom. The number of rotatable bonds is 6. The van der Waals surface area contributed by atoms with E-state index in [0.29, 0.717) is 11.0 Å². The molecule has 3 rings (SSSR count). The van der Waals surface area contributed by atoms with Gasteiger partial charge in [-0.3, -0.25) is 25.5 Å². The third-order valence-corrected chi connectivity index (χ3v) is 4.71. The van der Waals surface area contributed by atoms with Gasteiger partial charge in [-0.2, -0.15) is 0 Å². The number of hydrogen-bond acceptors (Lipinski definition) is 5. The molecule has 0 unspecified atom stereocenters. The molecule has 0 radical (unpaired) electrons. The van der Waals surface area contributed by atoms with E-state index in [1.54, 1.807) is 0 Å². The largest absolute Gasteiger partial charge is 0.272 e. The first-order valence-electron chi connectivity index (χ1n) is 8.55. The smallest absolute Gasteiger partial charge is 0.272 e. The Balaban J connectivity index is 1.49. The van der Waals surface area contributed by atoms with Crippen molar-refractivity contribution in [3.8, 4) is 11.4 Å². The minimum absolute atomic E-state index is 0.0103. The first-order valence-corrected chi connectivity index (χ1v) is 9.53. The highest BCUT2D eigenvalue weighted by atomic mass is 32.2. The van der Waals surface area contributed by atoms with E-state index in [1.807, 2.05) is 24.3 Å². The van der Waals surface area contributed by atoms with Crippen molar-refractivity contribution in [1.82, 2.24) is 26.0 Å². The van der Waals surface area contributed by atoms with Gasteiger partial charge in [0, 0.05) is 5.56 Å². The Kier molecular flexibility index (Phi) is 6.38. The lowest BCUT2D eigenvalue weighted by Crippen LogP contribution is -2.42. The van der Waals surface area contributed by atoms with Gasteiger partial charge in [0.05, 0.1) is 11.3 Å². The molecule has 0 saturated carbocycles. The van der Waals surface area contributed by atoms with Crippen molar-refractivity contribution in [3.63, 3.8) is 0 Å². The Morgan fingerprint density at radius 3 is 2.57 bits per heavy atom. The highest BCUT2D eigenvalue weighted by Crippen LogP contribution is 2.19. The summed E-state index contributed by atoms with van der Waals surface area (Å²) in [5, 5.41) is 7.32. The van der Waals surface area contributed by atoms with Crippen LogP contribution in [0, 0.1) is 5.82 Å². The van der Waals surface area contributed by atoms with Gasteiger partial charge >= 0.3 is 0 Å². The van der Waals surface area contributed by atoms with E-state index in [2.05, 4.69) is 33.0 Å². The van der Waals surface area contributed by atoms with E-state index < -0.39 is 17.6 Å². The van der Waals surface area contributed by atoms with Gasteiger partial charge in [-0.1, -0.05) is 55.1 Å². The summed E-state index contributed by atoms with van der Waals surface area (Å²) in [4.78, 5) is 28.1. The highest BCUT2D eigenvalue weighted by Gasteiger charge is 2.13. The molecule has 0 spiro atoms. The number of benzene rings is 2. The van der Waals surface area contributed by atoms with Gasteiger partial charge in [-0.25, -0.2) is 9.37 Å². The molecule has 2 aromatic carbocycles. The molecule has 0 atom stereocenters. The maximum Gasteiger partial charge on any atom is 0.272 e. The number of hydrogen-bond donors (Lipinski definition) is 3. The molecule has 0 bridgehead atoms. The topological polar surface area (TPSA) is 99.8 Å². The predicted octanol–water partition coefficient (Wildman–Crippen LogP) is 2.73. The van der Waals surface area contributed by atoms with E-state index in [1.165, 1.54) is 29.8 Å². The molecular formula is C19H18FN5O2S. The van der Waals surface area contributed by atoms with Gasteiger partial charge < -0.3 is 0 Å². The van der Waals surface area contributed by atoms with Crippen LogP contribution in [0.25, 0.3) is 11.4 Å². The second-order valence-electron chi connectivity index (χ2n) is 5.79. The number of thioether (sulfide) groups is 1. The van der Waals surface area contributed by atoms with E-state index in [-0.39, 0.29) is 11.3 Å². The van der Waals surface area contributed by atoms with Gasteiger partial charge in [0.1, 0.15) is 5.82 Å². The molecule has 28 heavy (non-hydrogen) atoms. The number of nitrogens with one attached hydrogen (secondary N) is 3. The van der Waals surface area contributed by atoms with Crippen molar-refractivity contribution in [2.24, 2.45) is 0 Å². The maximum absolute atomic E-state index is 13.5. The zero-order chi connectivity index (χ0) is 19.9. The minimum Gasteiger partial charge on any atom is -0.272 e. The van der Waals surface area contributed by atoms with Crippen LogP contribution in [0.5, 0.6) is 0 Å². The summed E-state index contributed by atoms with van der Waals surface area (Å²) >= 11 is 1.11. The minimum atomic E-state index is -0.729. The van der Waals surface area contributed by atoms with E-state index in [4.69, 9.17) is 0 Å². The number of aromatic amines is 1. The normalized spacial score (nSPS) is 10.5. The Bertz CT molecular complexity index is 974. The zero-order valence-corrected chi connectivity index (χ0v) is 15.8. The fourth-order valence-corrected chi connectivity index (χ4v) is 2.94. The number of carbonyl (C=O) groups excluding carboxylic acids is 2. The number of aryl methyl sites for hydroxylation is 1. The van der Waals surface area contributed by atoms with Crippen LogP contribution in [0.3, 0.4) is 0 Å². The van der Waals surface area contributed by atoms with Crippen molar-refractivity contribution in [1.29, 1.82) is 0 Å². The number of carbonyl (C=O) groups is 2. The summed E-state index contributed by atoms with van der Waals surface area (Å²) in [7, 11) is 0. The number of H-pyrrole nitrogens is 1. The summed E-state index contributed by atoms with van der Waals surface area (Å²) in [5.41, 5.74) is 6.39. The first-order chi connectivity index (χ1) is 13.6. The van der Waals surface area contributed by atoms with Crippen LogP contribution in [0.4, 0.5) is 4.39 Å². The second kappa shape index (κ2) is 9.14. The third-order valence-electron chi connectivity index (χ3n) is 3.87. The second-order valence-corrected chi connectivity index (χ2v) is 6.73. The number of halogens is 1. The lowest BCUT2D eigenvalue weighted by atomic mass is 10.1. The lowest BCUT2D eigenvalue weighted by Gasteiger charge is -2.07. The molecule has 2 amide bonds. The summed E-state index contributed by atoms with van der Waals surface area (Å²) in [6.45, 7) is 2.09. The van der Waals surface area contributed by atoms with Crippen LogP contribution < -0.4 is 10.9 Å².